The minimum absolute atomic E-state index is 0.0675. The van der Waals surface area contributed by atoms with Gasteiger partial charge in [0.15, 0.2) is 0 Å². The number of halogens is 1. The molecule has 0 saturated carbocycles. The molecule has 0 aliphatic carbocycles. The lowest BCUT2D eigenvalue weighted by atomic mass is 10.0. The maximum absolute atomic E-state index is 5.66. The van der Waals surface area contributed by atoms with Gasteiger partial charge in [0.2, 0.25) is 0 Å². The third kappa shape index (κ3) is 2.80. The van der Waals surface area contributed by atoms with Crippen LogP contribution >= 0.6 is 15.9 Å². The van der Waals surface area contributed by atoms with Gasteiger partial charge < -0.3 is 4.57 Å². The van der Waals surface area contributed by atoms with Gasteiger partial charge in [0.1, 0.15) is 5.82 Å². The Morgan fingerprint density at radius 2 is 2.28 bits per heavy atom. The van der Waals surface area contributed by atoms with Crippen LogP contribution in [0.5, 0.6) is 0 Å². The van der Waals surface area contributed by atoms with E-state index in [0.717, 1.165) is 16.7 Å². The summed E-state index contributed by atoms with van der Waals surface area (Å²) >= 11 is 3.50. The van der Waals surface area contributed by atoms with Gasteiger partial charge in [0, 0.05) is 30.3 Å². The van der Waals surface area contributed by atoms with Crippen molar-refractivity contribution >= 4 is 15.9 Å². The number of nitrogens with zero attached hydrogens (tertiary/aromatic N) is 2. The number of hydrogen-bond acceptors (Lipinski definition) is 3. The summed E-state index contributed by atoms with van der Waals surface area (Å²) in [4.78, 5) is 4.33. The first-order valence-corrected chi connectivity index (χ1v) is 6.59. The molecule has 0 aliphatic heterocycles. The monoisotopic (exact) mass is 308 g/mol. The molecular weight excluding hydrogens is 292 g/mol. The lowest BCUT2D eigenvalue weighted by Gasteiger charge is -2.17. The molecule has 0 fully saturated rings. The lowest BCUT2D eigenvalue weighted by molar-refractivity contribution is 0.530. The summed E-state index contributed by atoms with van der Waals surface area (Å²) < 4.78 is 3.12. The van der Waals surface area contributed by atoms with Crippen molar-refractivity contribution in [2.45, 2.75) is 19.4 Å². The summed E-state index contributed by atoms with van der Waals surface area (Å²) in [6.07, 6.45) is 4.51. The molecule has 0 radical (unpaired) electrons. The summed E-state index contributed by atoms with van der Waals surface area (Å²) in [7, 11) is 1.99. The molecule has 1 aromatic carbocycles. The molecule has 0 aliphatic rings. The summed E-state index contributed by atoms with van der Waals surface area (Å²) in [6, 6.07) is 6.33. The number of hydrazine groups is 1. The first kappa shape index (κ1) is 13.3. The Bertz CT molecular complexity index is 536. The van der Waals surface area contributed by atoms with Gasteiger partial charge in [-0.25, -0.2) is 4.98 Å². The first-order valence-electron chi connectivity index (χ1n) is 5.80. The second-order valence-corrected chi connectivity index (χ2v) is 5.24. The molecule has 1 atom stereocenters. The maximum atomic E-state index is 5.66. The zero-order valence-electron chi connectivity index (χ0n) is 10.5. The minimum atomic E-state index is 0.0675. The van der Waals surface area contributed by atoms with Crippen molar-refractivity contribution in [2.75, 3.05) is 0 Å². The standard InChI is InChI=1S/C13H17BrN4/c1-9-7-10(3-4-11(9)14)12(17-15)8-13-16-5-6-18(13)2/h3-7,12,17H,8,15H2,1-2H3. The van der Waals surface area contributed by atoms with Crippen LogP contribution in [0.3, 0.4) is 0 Å². The van der Waals surface area contributed by atoms with E-state index in [0.29, 0.717) is 0 Å². The van der Waals surface area contributed by atoms with E-state index in [1.807, 2.05) is 23.9 Å². The van der Waals surface area contributed by atoms with Crippen LogP contribution in [0, 0.1) is 6.92 Å². The zero-order valence-corrected chi connectivity index (χ0v) is 12.1. The average Bonchev–Trinajstić information content (AvgIpc) is 2.75. The van der Waals surface area contributed by atoms with Crippen LogP contribution < -0.4 is 11.3 Å². The highest BCUT2D eigenvalue weighted by Crippen LogP contribution is 2.22. The third-order valence-corrected chi connectivity index (χ3v) is 3.98. The summed E-state index contributed by atoms with van der Waals surface area (Å²) in [6.45, 7) is 2.07. The van der Waals surface area contributed by atoms with Crippen LogP contribution in [-0.2, 0) is 13.5 Å². The number of benzene rings is 1. The molecule has 1 unspecified atom stereocenters. The first-order chi connectivity index (χ1) is 8.61. The fraction of sp³-hybridized carbons (Fsp3) is 0.308. The molecule has 0 saturated heterocycles. The topological polar surface area (TPSA) is 55.9 Å². The van der Waals surface area contributed by atoms with Gasteiger partial charge in [0.05, 0.1) is 6.04 Å². The number of rotatable bonds is 4. The largest absolute Gasteiger partial charge is 0.338 e. The lowest BCUT2D eigenvalue weighted by Crippen LogP contribution is -2.30. The second kappa shape index (κ2) is 5.65. The Kier molecular flexibility index (Phi) is 4.16. The summed E-state index contributed by atoms with van der Waals surface area (Å²) in [5, 5.41) is 0. The van der Waals surface area contributed by atoms with Crippen LogP contribution in [0.15, 0.2) is 35.1 Å². The quantitative estimate of drug-likeness (QED) is 0.673. The third-order valence-electron chi connectivity index (χ3n) is 3.09. The fourth-order valence-electron chi connectivity index (χ4n) is 1.93. The molecule has 3 N–H and O–H groups in total. The average molecular weight is 309 g/mol. The maximum Gasteiger partial charge on any atom is 0.110 e. The van der Waals surface area contributed by atoms with Crippen molar-refractivity contribution in [3.63, 3.8) is 0 Å². The van der Waals surface area contributed by atoms with Gasteiger partial charge in [-0.1, -0.05) is 28.1 Å². The predicted octanol–water partition coefficient (Wildman–Crippen LogP) is 2.24. The summed E-state index contributed by atoms with van der Waals surface area (Å²) in [5.41, 5.74) is 5.23. The molecule has 2 rings (SSSR count). The molecule has 96 valence electrons. The number of hydrogen-bond donors (Lipinski definition) is 2. The normalized spacial score (nSPS) is 12.7. The van der Waals surface area contributed by atoms with E-state index in [4.69, 9.17) is 5.84 Å². The van der Waals surface area contributed by atoms with Gasteiger partial charge in [-0.3, -0.25) is 11.3 Å². The van der Waals surface area contributed by atoms with Crippen LogP contribution in [-0.4, -0.2) is 9.55 Å². The number of aromatic nitrogens is 2. The van der Waals surface area contributed by atoms with Gasteiger partial charge in [-0.2, -0.15) is 0 Å². The Balaban J connectivity index is 2.23. The van der Waals surface area contributed by atoms with Crippen molar-refractivity contribution < 1.29 is 0 Å². The van der Waals surface area contributed by atoms with Crippen molar-refractivity contribution in [1.82, 2.24) is 15.0 Å². The van der Waals surface area contributed by atoms with Crippen molar-refractivity contribution in [1.29, 1.82) is 0 Å². The highest BCUT2D eigenvalue weighted by molar-refractivity contribution is 9.10. The van der Waals surface area contributed by atoms with E-state index in [-0.39, 0.29) is 6.04 Å². The van der Waals surface area contributed by atoms with Gasteiger partial charge in [0.25, 0.3) is 0 Å². The molecule has 2 aromatic rings. The molecule has 0 spiro atoms. The van der Waals surface area contributed by atoms with E-state index in [2.05, 4.69) is 45.4 Å². The van der Waals surface area contributed by atoms with E-state index in [9.17, 15) is 0 Å². The van der Waals surface area contributed by atoms with Crippen molar-refractivity contribution in [2.24, 2.45) is 12.9 Å². The smallest absolute Gasteiger partial charge is 0.110 e. The van der Waals surface area contributed by atoms with Crippen LogP contribution in [0.2, 0.25) is 0 Å². The Morgan fingerprint density at radius 3 is 2.83 bits per heavy atom. The van der Waals surface area contributed by atoms with Gasteiger partial charge in [-0.15, -0.1) is 0 Å². The molecule has 5 heteroatoms. The predicted molar refractivity (Wildman–Crippen MR) is 75.9 cm³/mol. The van der Waals surface area contributed by atoms with Crippen LogP contribution in [0.1, 0.15) is 23.0 Å². The second-order valence-electron chi connectivity index (χ2n) is 4.39. The molecule has 1 heterocycles. The van der Waals surface area contributed by atoms with Gasteiger partial charge >= 0.3 is 0 Å². The number of imidazole rings is 1. The van der Waals surface area contributed by atoms with Crippen LogP contribution in [0.25, 0.3) is 0 Å². The number of aryl methyl sites for hydroxylation is 2. The summed E-state index contributed by atoms with van der Waals surface area (Å²) in [5.74, 6) is 6.67. The van der Waals surface area contributed by atoms with Crippen LogP contribution in [0.4, 0.5) is 0 Å². The minimum Gasteiger partial charge on any atom is -0.338 e. The molecule has 4 nitrogen and oxygen atoms in total. The Hall–Kier alpha value is -1.17. The highest BCUT2D eigenvalue weighted by Gasteiger charge is 2.13. The molecular formula is C13H17BrN4. The molecule has 0 amide bonds. The van der Waals surface area contributed by atoms with E-state index in [1.54, 1.807) is 6.20 Å². The van der Waals surface area contributed by atoms with E-state index >= 15 is 0 Å². The SMILES string of the molecule is Cc1cc(C(Cc2nccn2C)NN)ccc1Br. The van der Waals surface area contributed by atoms with Crippen molar-refractivity contribution in [3.05, 3.63) is 52.0 Å². The molecule has 1 aromatic heterocycles. The number of nitrogens with two attached hydrogens (primary N) is 1. The van der Waals surface area contributed by atoms with Crippen molar-refractivity contribution in [3.8, 4) is 0 Å². The highest BCUT2D eigenvalue weighted by atomic mass is 79.9. The number of nitrogens with one attached hydrogen (secondary N) is 1. The molecule has 18 heavy (non-hydrogen) atoms. The molecule has 0 bridgehead atoms. The Morgan fingerprint density at radius 1 is 1.50 bits per heavy atom. The zero-order chi connectivity index (χ0) is 13.1. The Labute approximate surface area is 115 Å². The van der Waals surface area contributed by atoms with E-state index in [1.165, 1.54) is 11.1 Å². The fourth-order valence-corrected chi connectivity index (χ4v) is 2.18. The van der Waals surface area contributed by atoms with E-state index < -0.39 is 0 Å². The van der Waals surface area contributed by atoms with Gasteiger partial charge in [-0.05, 0) is 24.1 Å².